The van der Waals surface area contributed by atoms with Gasteiger partial charge in [-0.1, -0.05) is 57.0 Å². The molecule has 0 unspecified atom stereocenters. The van der Waals surface area contributed by atoms with Gasteiger partial charge < -0.3 is 0 Å². The summed E-state index contributed by atoms with van der Waals surface area (Å²) in [7, 11) is 0. The van der Waals surface area contributed by atoms with Crippen molar-refractivity contribution in [2.75, 3.05) is 0 Å². The quantitative estimate of drug-likeness (QED) is 0.380. The van der Waals surface area contributed by atoms with Crippen LogP contribution >= 0.6 is 0 Å². The summed E-state index contributed by atoms with van der Waals surface area (Å²) in [6.07, 6.45) is 0. The molecule has 1 radical (unpaired) electrons. The molecule has 1 aromatic heterocycles. The Bertz CT molecular complexity index is 874. The van der Waals surface area contributed by atoms with E-state index in [1.807, 2.05) is 0 Å². The molecule has 2 heteroatoms. The number of hydrogen-bond donors (Lipinski definition) is 0. The first-order valence-electron chi connectivity index (χ1n) is 8.88. The Balaban J connectivity index is 0.00000225. The van der Waals surface area contributed by atoms with Crippen LogP contribution in [0.5, 0.6) is 0 Å². The van der Waals surface area contributed by atoms with Gasteiger partial charge in [-0.05, 0) is 61.1 Å². The molecule has 0 aliphatic rings. The Labute approximate surface area is 165 Å². The SMILES string of the molecule is Cc1cc(C)cc(-c2ccc3c(C(C)C)cc(C(C)C)cc3n2)c1.[Ir]. The molecular weight excluding hydrogens is 482 g/mol. The number of benzene rings is 2. The summed E-state index contributed by atoms with van der Waals surface area (Å²) in [6, 6.07) is 15.7. The Kier molecular flexibility index (Phi) is 6.19. The zero-order valence-electron chi connectivity index (χ0n) is 16.0. The van der Waals surface area contributed by atoms with E-state index in [9.17, 15) is 0 Å². The summed E-state index contributed by atoms with van der Waals surface area (Å²) < 4.78 is 0. The molecule has 133 valence electrons. The van der Waals surface area contributed by atoms with E-state index in [2.05, 4.69) is 84.0 Å². The summed E-state index contributed by atoms with van der Waals surface area (Å²) in [5.41, 5.74) is 8.71. The molecule has 3 aromatic rings. The van der Waals surface area contributed by atoms with E-state index in [0.717, 1.165) is 11.2 Å². The van der Waals surface area contributed by atoms with E-state index in [0.29, 0.717) is 11.8 Å². The Morgan fingerprint density at radius 2 is 1.40 bits per heavy atom. The topological polar surface area (TPSA) is 12.9 Å². The number of hydrogen-bond acceptors (Lipinski definition) is 1. The van der Waals surface area contributed by atoms with Gasteiger partial charge >= 0.3 is 0 Å². The first-order chi connectivity index (χ1) is 11.3. The van der Waals surface area contributed by atoms with Gasteiger partial charge in [0, 0.05) is 31.1 Å². The monoisotopic (exact) mass is 510 g/mol. The third kappa shape index (κ3) is 4.19. The third-order valence-electron chi connectivity index (χ3n) is 4.67. The summed E-state index contributed by atoms with van der Waals surface area (Å²) >= 11 is 0. The van der Waals surface area contributed by atoms with E-state index in [4.69, 9.17) is 4.98 Å². The van der Waals surface area contributed by atoms with Crippen molar-refractivity contribution in [3.05, 3.63) is 64.7 Å². The zero-order valence-corrected chi connectivity index (χ0v) is 18.4. The molecule has 25 heavy (non-hydrogen) atoms. The molecule has 3 rings (SSSR count). The van der Waals surface area contributed by atoms with Gasteiger partial charge in [0.1, 0.15) is 0 Å². The second kappa shape index (κ2) is 7.81. The van der Waals surface area contributed by atoms with Gasteiger partial charge in [-0.3, -0.25) is 0 Å². The van der Waals surface area contributed by atoms with Gasteiger partial charge in [-0.15, -0.1) is 0 Å². The average molecular weight is 510 g/mol. The van der Waals surface area contributed by atoms with E-state index in [-0.39, 0.29) is 20.1 Å². The van der Waals surface area contributed by atoms with E-state index in [1.165, 1.54) is 33.2 Å². The molecule has 1 heterocycles. The fourth-order valence-corrected chi connectivity index (χ4v) is 3.38. The number of pyridine rings is 1. The minimum Gasteiger partial charge on any atom is -0.248 e. The molecule has 0 N–H and O–H groups in total. The van der Waals surface area contributed by atoms with Crippen LogP contribution in [0.2, 0.25) is 0 Å². The number of aromatic nitrogens is 1. The fourth-order valence-electron chi connectivity index (χ4n) is 3.38. The molecule has 0 amide bonds. The maximum absolute atomic E-state index is 5.01. The van der Waals surface area contributed by atoms with Crippen LogP contribution in [0.3, 0.4) is 0 Å². The van der Waals surface area contributed by atoms with Crippen LogP contribution in [0, 0.1) is 13.8 Å². The van der Waals surface area contributed by atoms with Crippen LogP contribution in [0.4, 0.5) is 0 Å². The largest absolute Gasteiger partial charge is 0.248 e. The van der Waals surface area contributed by atoms with Crippen molar-refractivity contribution >= 4 is 10.9 Å². The standard InChI is InChI=1S/C23H27N.Ir/c1-14(2)18-12-21(15(3)4)20-7-8-22(24-23(20)13-18)19-10-16(5)9-17(6)11-19;/h7-15H,1-6H3;. The summed E-state index contributed by atoms with van der Waals surface area (Å²) in [4.78, 5) is 5.01. The maximum atomic E-state index is 5.01. The normalized spacial score (nSPS) is 11.2. The fraction of sp³-hybridized carbons (Fsp3) is 0.348. The summed E-state index contributed by atoms with van der Waals surface area (Å²) in [5, 5.41) is 1.28. The minimum absolute atomic E-state index is 0. The van der Waals surface area contributed by atoms with Crippen LogP contribution < -0.4 is 0 Å². The van der Waals surface area contributed by atoms with Crippen LogP contribution in [0.15, 0.2) is 42.5 Å². The van der Waals surface area contributed by atoms with Gasteiger partial charge in [0.25, 0.3) is 0 Å². The molecule has 0 aliphatic heterocycles. The average Bonchev–Trinajstić information content (AvgIpc) is 2.52. The second-order valence-electron chi connectivity index (χ2n) is 7.56. The van der Waals surface area contributed by atoms with Crippen molar-refractivity contribution in [2.24, 2.45) is 0 Å². The van der Waals surface area contributed by atoms with Crippen molar-refractivity contribution in [3.8, 4) is 11.3 Å². The van der Waals surface area contributed by atoms with Crippen LogP contribution in [-0.2, 0) is 20.1 Å². The number of rotatable bonds is 3. The smallest absolute Gasteiger partial charge is 0.0715 e. The van der Waals surface area contributed by atoms with Crippen LogP contribution in [-0.4, -0.2) is 4.98 Å². The molecule has 0 atom stereocenters. The van der Waals surface area contributed by atoms with Gasteiger partial charge in [-0.25, -0.2) is 4.98 Å². The Morgan fingerprint density at radius 3 is 1.96 bits per heavy atom. The predicted octanol–water partition coefficient (Wildman–Crippen LogP) is 6.76. The number of fused-ring (bicyclic) bond motifs is 1. The van der Waals surface area contributed by atoms with Crippen LogP contribution in [0.1, 0.15) is 61.8 Å². The van der Waals surface area contributed by atoms with Crippen LogP contribution in [0.25, 0.3) is 22.2 Å². The first-order valence-corrected chi connectivity index (χ1v) is 8.88. The Hall–Kier alpha value is -1.50. The Morgan fingerprint density at radius 1 is 0.760 bits per heavy atom. The minimum atomic E-state index is 0. The molecule has 2 aromatic carbocycles. The van der Waals surface area contributed by atoms with Gasteiger partial charge in [-0.2, -0.15) is 0 Å². The first kappa shape index (κ1) is 19.8. The summed E-state index contributed by atoms with van der Waals surface area (Å²) in [6.45, 7) is 13.3. The molecule has 0 aliphatic carbocycles. The molecule has 0 bridgehead atoms. The van der Waals surface area contributed by atoms with E-state index >= 15 is 0 Å². The number of aryl methyl sites for hydroxylation is 2. The van der Waals surface area contributed by atoms with E-state index in [1.54, 1.807) is 0 Å². The molecule has 0 saturated carbocycles. The zero-order chi connectivity index (χ0) is 17.4. The molecular formula is C23H27IrN. The molecule has 0 saturated heterocycles. The van der Waals surface area contributed by atoms with Crippen molar-refractivity contribution < 1.29 is 20.1 Å². The van der Waals surface area contributed by atoms with Crippen molar-refractivity contribution in [2.45, 2.75) is 53.4 Å². The van der Waals surface area contributed by atoms with E-state index < -0.39 is 0 Å². The maximum Gasteiger partial charge on any atom is 0.0715 e. The van der Waals surface area contributed by atoms with Gasteiger partial charge in [0.15, 0.2) is 0 Å². The molecule has 0 spiro atoms. The molecule has 0 fully saturated rings. The third-order valence-corrected chi connectivity index (χ3v) is 4.67. The number of nitrogens with zero attached hydrogens (tertiary/aromatic N) is 1. The van der Waals surface area contributed by atoms with Crippen molar-refractivity contribution in [1.82, 2.24) is 4.98 Å². The van der Waals surface area contributed by atoms with Crippen molar-refractivity contribution in [3.63, 3.8) is 0 Å². The molecule has 1 nitrogen and oxygen atoms in total. The predicted molar refractivity (Wildman–Crippen MR) is 105 cm³/mol. The second-order valence-corrected chi connectivity index (χ2v) is 7.56. The van der Waals surface area contributed by atoms with Crippen molar-refractivity contribution in [1.29, 1.82) is 0 Å². The summed E-state index contributed by atoms with van der Waals surface area (Å²) in [5.74, 6) is 1.01. The van der Waals surface area contributed by atoms with Gasteiger partial charge in [0.2, 0.25) is 0 Å². The van der Waals surface area contributed by atoms with Gasteiger partial charge in [0.05, 0.1) is 11.2 Å².